The maximum atomic E-state index is 14.2. The minimum absolute atomic E-state index is 0.0492. The van der Waals surface area contributed by atoms with Gasteiger partial charge in [-0.1, -0.05) is 6.07 Å². The molecule has 0 radical (unpaired) electrons. The van der Waals surface area contributed by atoms with Crippen molar-refractivity contribution in [3.63, 3.8) is 0 Å². The first kappa shape index (κ1) is 22.8. The molecule has 32 heavy (non-hydrogen) atoms. The Labute approximate surface area is 189 Å². The maximum absolute atomic E-state index is 14.2. The van der Waals surface area contributed by atoms with Crippen LogP contribution < -0.4 is 10.6 Å². The van der Waals surface area contributed by atoms with E-state index in [-0.39, 0.29) is 30.0 Å². The molecule has 2 fully saturated rings. The molecule has 2 aliphatic heterocycles. The van der Waals surface area contributed by atoms with E-state index < -0.39 is 6.04 Å². The lowest BCUT2D eigenvalue weighted by molar-refractivity contribution is -0.122. The maximum Gasteiger partial charge on any atom is 0.410 e. The molecule has 1 saturated carbocycles. The first-order valence-corrected chi connectivity index (χ1v) is 11.9. The molecule has 7 nitrogen and oxygen atoms in total. The van der Waals surface area contributed by atoms with Crippen LogP contribution in [0.3, 0.4) is 0 Å². The van der Waals surface area contributed by atoms with Gasteiger partial charge >= 0.3 is 6.09 Å². The van der Waals surface area contributed by atoms with E-state index in [0.717, 1.165) is 50.0 Å². The molecule has 8 heteroatoms. The molecule has 1 aliphatic carbocycles. The fourth-order valence-electron chi connectivity index (χ4n) is 5.20. The van der Waals surface area contributed by atoms with Crippen LogP contribution in [0, 0.1) is 12.7 Å². The van der Waals surface area contributed by atoms with Crippen molar-refractivity contribution < 1.29 is 18.7 Å². The Hall–Kier alpha value is -2.35. The summed E-state index contributed by atoms with van der Waals surface area (Å²) >= 11 is 0. The third kappa shape index (κ3) is 5.00. The number of nitrogens with one attached hydrogen (secondary N) is 2. The number of aryl methyl sites for hydroxylation is 1. The summed E-state index contributed by atoms with van der Waals surface area (Å²) in [5.41, 5.74) is 2.34. The Balaban J connectivity index is 1.27. The van der Waals surface area contributed by atoms with Crippen LogP contribution in [0.1, 0.15) is 50.7 Å². The monoisotopic (exact) mass is 446 g/mol. The molecule has 1 unspecified atom stereocenters. The van der Waals surface area contributed by atoms with E-state index in [9.17, 15) is 14.0 Å². The van der Waals surface area contributed by atoms with Gasteiger partial charge < -0.3 is 20.3 Å². The number of hydrogen-bond acceptors (Lipinski definition) is 5. The summed E-state index contributed by atoms with van der Waals surface area (Å²) in [5, 5.41) is 6.44. The smallest absolute Gasteiger partial charge is 0.410 e. The zero-order valence-corrected chi connectivity index (χ0v) is 19.3. The van der Waals surface area contributed by atoms with Crippen LogP contribution in [0.5, 0.6) is 0 Å². The van der Waals surface area contributed by atoms with Crippen LogP contribution in [-0.4, -0.2) is 72.2 Å². The molecule has 0 bridgehead atoms. The largest absolute Gasteiger partial charge is 0.447 e. The molecule has 1 aromatic carbocycles. The number of ether oxygens (including phenoxy) is 1. The molecule has 2 amide bonds. The van der Waals surface area contributed by atoms with Crippen molar-refractivity contribution in [3.05, 3.63) is 29.1 Å². The number of amides is 2. The molecular weight excluding hydrogens is 411 g/mol. The summed E-state index contributed by atoms with van der Waals surface area (Å²) in [6.45, 7) is 8.67. The van der Waals surface area contributed by atoms with Gasteiger partial charge in [0.2, 0.25) is 5.91 Å². The summed E-state index contributed by atoms with van der Waals surface area (Å²) in [7, 11) is 0. The zero-order valence-electron chi connectivity index (χ0n) is 19.3. The van der Waals surface area contributed by atoms with E-state index in [1.165, 1.54) is 6.07 Å². The Morgan fingerprint density at radius 1 is 1.19 bits per heavy atom. The average Bonchev–Trinajstić information content (AvgIpc) is 3.23. The number of hydrogen-bond donors (Lipinski definition) is 2. The fourth-order valence-corrected chi connectivity index (χ4v) is 5.20. The Morgan fingerprint density at radius 3 is 2.62 bits per heavy atom. The van der Waals surface area contributed by atoms with Crippen LogP contribution in [0.15, 0.2) is 12.1 Å². The second-order valence-electron chi connectivity index (χ2n) is 9.60. The van der Waals surface area contributed by atoms with Crippen LogP contribution in [0.2, 0.25) is 0 Å². The lowest BCUT2D eigenvalue weighted by atomic mass is 9.89. The fraction of sp³-hybridized carbons (Fsp3) is 0.667. The van der Waals surface area contributed by atoms with Crippen molar-refractivity contribution in [2.45, 2.75) is 77.1 Å². The highest BCUT2D eigenvalue weighted by molar-refractivity contribution is 5.88. The lowest BCUT2D eigenvalue weighted by Crippen LogP contribution is -2.55. The summed E-state index contributed by atoms with van der Waals surface area (Å²) in [6.07, 6.45) is 4.11. The van der Waals surface area contributed by atoms with Crippen LogP contribution in [0.25, 0.3) is 0 Å². The van der Waals surface area contributed by atoms with Gasteiger partial charge in [0.05, 0.1) is 6.10 Å². The Kier molecular flexibility index (Phi) is 6.88. The summed E-state index contributed by atoms with van der Waals surface area (Å²) < 4.78 is 19.5. The normalized spacial score (nSPS) is 25.9. The first-order chi connectivity index (χ1) is 15.3. The molecule has 3 aliphatic rings. The van der Waals surface area contributed by atoms with Gasteiger partial charge in [0.25, 0.3) is 0 Å². The lowest BCUT2D eigenvalue weighted by Gasteiger charge is -2.42. The Bertz CT molecular complexity index is 823. The minimum atomic E-state index is -0.420. The van der Waals surface area contributed by atoms with E-state index >= 15 is 0 Å². The van der Waals surface area contributed by atoms with Gasteiger partial charge in [-0.15, -0.1) is 0 Å². The van der Waals surface area contributed by atoms with E-state index in [4.69, 9.17) is 4.74 Å². The predicted octanol–water partition coefficient (Wildman–Crippen LogP) is 3.06. The van der Waals surface area contributed by atoms with Gasteiger partial charge in [-0.25, -0.2) is 9.18 Å². The first-order valence-electron chi connectivity index (χ1n) is 11.9. The number of rotatable bonds is 4. The van der Waals surface area contributed by atoms with E-state index in [0.29, 0.717) is 31.1 Å². The van der Waals surface area contributed by atoms with Crippen molar-refractivity contribution in [3.8, 4) is 0 Å². The average molecular weight is 447 g/mol. The number of fused-ring (bicyclic) bond motifs is 1. The highest BCUT2D eigenvalue weighted by Gasteiger charge is 2.34. The Morgan fingerprint density at radius 2 is 1.94 bits per heavy atom. The molecule has 2 heterocycles. The van der Waals surface area contributed by atoms with Gasteiger partial charge in [-0.3, -0.25) is 9.69 Å². The van der Waals surface area contributed by atoms with Gasteiger partial charge in [-0.05, 0) is 58.1 Å². The van der Waals surface area contributed by atoms with Gasteiger partial charge in [-0.2, -0.15) is 0 Å². The third-order valence-corrected chi connectivity index (χ3v) is 6.93. The van der Waals surface area contributed by atoms with Crippen molar-refractivity contribution >= 4 is 17.7 Å². The second kappa shape index (κ2) is 9.65. The molecular formula is C24H35FN4O3. The summed E-state index contributed by atoms with van der Waals surface area (Å²) in [5.74, 6) is -0.297. The van der Waals surface area contributed by atoms with Crippen molar-refractivity contribution in [1.82, 2.24) is 15.1 Å². The van der Waals surface area contributed by atoms with Gasteiger partial charge in [0, 0.05) is 55.9 Å². The number of halogens is 1. The van der Waals surface area contributed by atoms with E-state index in [1.807, 2.05) is 20.8 Å². The van der Waals surface area contributed by atoms with E-state index in [2.05, 4.69) is 15.5 Å². The van der Waals surface area contributed by atoms with Crippen LogP contribution >= 0.6 is 0 Å². The molecule has 4 rings (SSSR count). The van der Waals surface area contributed by atoms with Crippen LogP contribution in [0.4, 0.5) is 14.9 Å². The number of carbonyl (C=O) groups excluding carboxylic acids is 2. The van der Waals surface area contributed by atoms with Crippen molar-refractivity contribution in [2.24, 2.45) is 0 Å². The molecule has 3 atom stereocenters. The number of anilines is 1. The number of benzene rings is 1. The summed E-state index contributed by atoms with van der Waals surface area (Å²) in [6, 6.07) is 3.34. The van der Waals surface area contributed by atoms with Crippen molar-refractivity contribution in [1.29, 1.82) is 0 Å². The van der Waals surface area contributed by atoms with Crippen molar-refractivity contribution in [2.75, 3.05) is 31.5 Å². The predicted molar refractivity (Wildman–Crippen MR) is 121 cm³/mol. The number of piperazine rings is 1. The molecule has 1 aromatic rings. The summed E-state index contributed by atoms with van der Waals surface area (Å²) in [4.78, 5) is 29.3. The minimum Gasteiger partial charge on any atom is -0.447 e. The molecule has 176 valence electrons. The van der Waals surface area contributed by atoms with Crippen LogP contribution in [-0.2, 0) is 16.0 Å². The second-order valence-corrected chi connectivity index (χ2v) is 9.60. The molecule has 2 N–H and O–H groups in total. The third-order valence-electron chi connectivity index (χ3n) is 6.93. The zero-order chi connectivity index (χ0) is 22.8. The standard InChI is InChI=1S/C24H35FN4O3/c1-15(2)32-24(31)29-11-9-28(10-12-29)18-6-4-5-17(13-18)26-23(30)21-14-19-20(25)8-7-16(3)22(19)27-21/h7-8,15,17-18,21,27H,4-6,9-14H2,1-3H3,(H,26,30)/t17-,18+,21?/m1/s1. The van der Waals surface area contributed by atoms with E-state index in [1.54, 1.807) is 11.0 Å². The molecule has 0 aromatic heterocycles. The topological polar surface area (TPSA) is 73.9 Å². The number of carbonyl (C=O) groups is 2. The number of nitrogens with zero attached hydrogens (tertiary/aromatic N) is 2. The molecule has 1 saturated heterocycles. The highest BCUT2D eigenvalue weighted by atomic mass is 19.1. The quantitative estimate of drug-likeness (QED) is 0.744. The van der Waals surface area contributed by atoms with Gasteiger partial charge in [0.15, 0.2) is 0 Å². The SMILES string of the molecule is Cc1ccc(F)c2c1NC(C(=O)N[C@@H]1CCC[C@H](N3CCN(C(=O)OC(C)C)CC3)C1)C2. The highest BCUT2D eigenvalue weighted by Crippen LogP contribution is 2.32. The van der Waals surface area contributed by atoms with Gasteiger partial charge in [0.1, 0.15) is 11.9 Å². The molecule has 0 spiro atoms.